The van der Waals surface area contributed by atoms with Gasteiger partial charge in [0, 0.05) is 0 Å². The van der Waals surface area contributed by atoms with Gasteiger partial charge < -0.3 is 0 Å². The van der Waals surface area contributed by atoms with Crippen molar-refractivity contribution in [3.05, 3.63) is 33.4 Å². The van der Waals surface area contributed by atoms with Crippen LogP contribution in [0.3, 0.4) is 0 Å². The molecule has 1 heteroatoms. The van der Waals surface area contributed by atoms with Gasteiger partial charge in [0.2, 0.25) is 0 Å². The van der Waals surface area contributed by atoms with E-state index in [9.17, 15) is 0 Å². The third-order valence-corrected chi connectivity index (χ3v) is 5.81. The van der Waals surface area contributed by atoms with Gasteiger partial charge in [-0.05, 0) is 85.8 Å². The number of hydrogen-bond acceptors (Lipinski definition) is 0. The van der Waals surface area contributed by atoms with Crippen molar-refractivity contribution < 1.29 is 0 Å². The molecule has 1 aromatic rings. The van der Waals surface area contributed by atoms with Crippen molar-refractivity contribution in [1.82, 2.24) is 0 Å². The molecule has 0 bridgehead atoms. The largest absolute Gasteiger partial charge is 0.118 e. The number of alkyl halides is 1. The second-order valence-electron chi connectivity index (χ2n) is 7.51. The summed E-state index contributed by atoms with van der Waals surface area (Å²) in [5.41, 5.74) is 8.65. The lowest BCUT2D eigenvalue weighted by molar-refractivity contribution is 0.245. The number of halogens is 1. The molecule has 2 atom stereocenters. The molecule has 0 aromatic heterocycles. The van der Waals surface area contributed by atoms with Crippen LogP contribution in [0.15, 0.2) is 0 Å². The number of hydrogen-bond donors (Lipinski definition) is 0. The van der Waals surface area contributed by atoms with Crippen LogP contribution in [0.2, 0.25) is 0 Å². The van der Waals surface area contributed by atoms with E-state index in [2.05, 4.69) is 62.3 Å². The van der Waals surface area contributed by atoms with Crippen LogP contribution in [0.25, 0.3) is 0 Å². The van der Waals surface area contributed by atoms with E-state index in [-0.39, 0.29) is 5.38 Å². The Kier molecular flexibility index (Phi) is 5.35. The summed E-state index contributed by atoms with van der Waals surface area (Å²) in [6.45, 7) is 20.3. The van der Waals surface area contributed by atoms with Crippen LogP contribution in [-0.4, -0.2) is 0 Å². The van der Waals surface area contributed by atoms with Crippen molar-refractivity contribution in [2.45, 2.75) is 74.1 Å². The van der Waals surface area contributed by atoms with Gasteiger partial charge in [-0.2, -0.15) is 0 Å². The predicted molar refractivity (Wildman–Crippen MR) is 92.0 cm³/mol. The normalized spacial score (nSPS) is 15.3. The predicted octanol–water partition coefficient (Wildman–Crippen LogP) is 6.58. The lowest BCUT2D eigenvalue weighted by Gasteiger charge is -2.30. The number of benzene rings is 1. The second kappa shape index (κ2) is 6.10. The van der Waals surface area contributed by atoms with Crippen LogP contribution >= 0.6 is 11.6 Å². The topological polar surface area (TPSA) is 0 Å². The molecular weight excluding hydrogens is 264 g/mol. The highest BCUT2D eigenvalue weighted by molar-refractivity contribution is 6.21. The van der Waals surface area contributed by atoms with Crippen LogP contribution < -0.4 is 0 Å². The fourth-order valence-corrected chi connectivity index (χ4v) is 3.38. The Balaban J connectivity index is 3.21. The first-order valence-corrected chi connectivity index (χ1v) is 8.13. The first-order valence-electron chi connectivity index (χ1n) is 7.69. The van der Waals surface area contributed by atoms with Gasteiger partial charge in [0.05, 0.1) is 5.38 Å². The van der Waals surface area contributed by atoms with Crippen molar-refractivity contribution in [3.8, 4) is 0 Å². The lowest BCUT2D eigenvalue weighted by Crippen LogP contribution is -2.19. The monoisotopic (exact) mass is 294 g/mol. The summed E-state index contributed by atoms with van der Waals surface area (Å²) in [7, 11) is 0. The molecule has 2 unspecified atom stereocenters. The lowest BCUT2D eigenvalue weighted by atomic mass is 9.77. The highest BCUT2D eigenvalue weighted by atomic mass is 35.5. The highest BCUT2D eigenvalue weighted by Gasteiger charge is 2.26. The SMILES string of the molecule is Cc1c(C)c(C)c(C(Cl)CC(C)C(C)(C)C)c(C)c1C. The molecule has 0 nitrogen and oxygen atoms in total. The minimum atomic E-state index is 0.113. The average molecular weight is 295 g/mol. The molecule has 0 aliphatic heterocycles. The maximum Gasteiger partial charge on any atom is 0.0593 e. The summed E-state index contributed by atoms with van der Waals surface area (Å²) in [4.78, 5) is 0. The van der Waals surface area contributed by atoms with Crippen LogP contribution in [0.5, 0.6) is 0 Å². The molecule has 1 aromatic carbocycles. The van der Waals surface area contributed by atoms with Crippen LogP contribution in [0.1, 0.15) is 72.9 Å². The van der Waals surface area contributed by atoms with E-state index in [0.29, 0.717) is 11.3 Å². The minimum Gasteiger partial charge on any atom is -0.118 e. The van der Waals surface area contributed by atoms with E-state index in [1.165, 1.54) is 33.4 Å². The van der Waals surface area contributed by atoms with Crippen LogP contribution in [-0.2, 0) is 0 Å². The zero-order valence-corrected chi connectivity index (χ0v) is 15.5. The Morgan fingerprint density at radius 2 is 1.15 bits per heavy atom. The first-order chi connectivity index (χ1) is 8.98. The Bertz CT molecular complexity index is 462. The molecule has 0 amide bonds. The second-order valence-corrected chi connectivity index (χ2v) is 8.04. The van der Waals surface area contributed by atoms with Crippen LogP contribution in [0, 0.1) is 46.0 Å². The fourth-order valence-electron chi connectivity index (χ4n) is 2.78. The Morgan fingerprint density at radius 1 is 0.800 bits per heavy atom. The third-order valence-electron chi connectivity index (χ3n) is 5.41. The fraction of sp³-hybridized carbons (Fsp3) is 0.684. The first kappa shape index (κ1) is 17.6. The van der Waals surface area contributed by atoms with E-state index in [0.717, 1.165) is 6.42 Å². The standard InChI is InChI=1S/C19H31Cl/c1-11(19(7,8)9)10-17(20)18-15(5)13(3)12(2)14(4)16(18)6/h11,17H,10H2,1-9H3. The van der Waals surface area contributed by atoms with Gasteiger partial charge >= 0.3 is 0 Å². The van der Waals surface area contributed by atoms with E-state index < -0.39 is 0 Å². The Labute approximate surface area is 130 Å². The van der Waals surface area contributed by atoms with Crippen LogP contribution in [0.4, 0.5) is 0 Å². The Morgan fingerprint density at radius 3 is 1.50 bits per heavy atom. The van der Waals surface area contributed by atoms with E-state index in [1.807, 2.05) is 0 Å². The molecule has 0 saturated heterocycles. The van der Waals surface area contributed by atoms with Crippen molar-refractivity contribution in [2.24, 2.45) is 11.3 Å². The van der Waals surface area contributed by atoms with Crippen molar-refractivity contribution in [3.63, 3.8) is 0 Å². The molecule has 0 N–H and O–H groups in total. The molecule has 0 heterocycles. The van der Waals surface area contributed by atoms with Gasteiger partial charge in [0.25, 0.3) is 0 Å². The molecule has 20 heavy (non-hydrogen) atoms. The quantitative estimate of drug-likeness (QED) is 0.552. The highest BCUT2D eigenvalue weighted by Crippen LogP contribution is 2.40. The molecule has 0 saturated carbocycles. The number of rotatable bonds is 3. The van der Waals surface area contributed by atoms with E-state index in [4.69, 9.17) is 11.6 Å². The summed E-state index contributed by atoms with van der Waals surface area (Å²) in [6, 6.07) is 0. The summed E-state index contributed by atoms with van der Waals surface area (Å²) < 4.78 is 0. The molecule has 0 radical (unpaired) electrons. The molecule has 0 aliphatic carbocycles. The van der Waals surface area contributed by atoms with Gasteiger partial charge in [-0.1, -0.05) is 27.7 Å². The molecule has 0 aliphatic rings. The molecule has 1 rings (SSSR count). The molecule has 0 fully saturated rings. The summed E-state index contributed by atoms with van der Waals surface area (Å²) in [5.74, 6) is 0.603. The molecule has 0 spiro atoms. The maximum absolute atomic E-state index is 6.81. The van der Waals surface area contributed by atoms with Gasteiger partial charge in [-0.3, -0.25) is 0 Å². The Hall–Kier alpha value is -0.490. The zero-order valence-electron chi connectivity index (χ0n) is 14.7. The maximum atomic E-state index is 6.81. The average Bonchev–Trinajstić information content (AvgIpc) is 2.33. The van der Waals surface area contributed by atoms with Gasteiger partial charge in [0.1, 0.15) is 0 Å². The third kappa shape index (κ3) is 3.39. The summed E-state index contributed by atoms with van der Waals surface area (Å²) in [5, 5.41) is 0.113. The van der Waals surface area contributed by atoms with Crippen molar-refractivity contribution >= 4 is 11.6 Å². The van der Waals surface area contributed by atoms with Crippen molar-refractivity contribution in [2.75, 3.05) is 0 Å². The summed E-state index contributed by atoms with van der Waals surface area (Å²) in [6.07, 6.45) is 1.04. The molecule has 114 valence electrons. The minimum absolute atomic E-state index is 0.113. The van der Waals surface area contributed by atoms with Gasteiger partial charge in [-0.15, -0.1) is 11.6 Å². The van der Waals surface area contributed by atoms with Crippen molar-refractivity contribution in [1.29, 1.82) is 0 Å². The molecular formula is C19H31Cl. The van der Waals surface area contributed by atoms with E-state index in [1.54, 1.807) is 0 Å². The van der Waals surface area contributed by atoms with E-state index >= 15 is 0 Å². The van der Waals surface area contributed by atoms with Gasteiger partial charge in [0.15, 0.2) is 0 Å². The zero-order chi connectivity index (χ0) is 15.8. The summed E-state index contributed by atoms with van der Waals surface area (Å²) >= 11 is 6.81. The van der Waals surface area contributed by atoms with Gasteiger partial charge in [-0.25, -0.2) is 0 Å². The smallest absolute Gasteiger partial charge is 0.0593 e.